The molecule has 0 spiro atoms. The highest BCUT2D eigenvalue weighted by Crippen LogP contribution is 2.34. The lowest BCUT2D eigenvalue weighted by Gasteiger charge is -2.28. The molecule has 0 amide bonds. The van der Waals surface area contributed by atoms with E-state index in [1.807, 2.05) is 0 Å². The molecule has 0 bridgehead atoms. The van der Waals surface area contributed by atoms with Crippen LogP contribution in [0, 0.1) is 0 Å². The van der Waals surface area contributed by atoms with Crippen molar-refractivity contribution in [1.82, 2.24) is 0 Å². The summed E-state index contributed by atoms with van der Waals surface area (Å²) in [5, 5.41) is 4.64. The summed E-state index contributed by atoms with van der Waals surface area (Å²) in [4.78, 5) is 11.5. The Bertz CT molecular complexity index is 597. The highest BCUT2D eigenvalue weighted by atomic mass is 32.2. The van der Waals surface area contributed by atoms with Crippen LogP contribution in [0.1, 0.15) is 20.3 Å². The number of carbonyl (C=O) groups is 1. The zero-order valence-electron chi connectivity index (χ0n) is 13.1. The molecule has 148 valence electrons. The normalized spacial score (nSPS) is 16.8. The van der Waals surface area contributed by atoms with E-state index in [-0.39, 0.29) is 0 Å². The summed E-state index contributed by atoms with van der Waals surface area (Å²) in [5.41, 5.74) is -3.72. The van der Waals surface area contributed by atoms with E-state index in [0.717, 1.165) is 6.92 Å². The third-order valence-electron chi connectivity index (χ3n) is 2.82. The van der Waals surface area contributed by atoms with Crippen molar-refractivity contribution in [3.05, 3.63) is 12.2 Å². The van der Waals surface area contributed by atoms with Crippen molar-refractivity contribution in [2.45, 2.75) is 43.4 Å². The van der Waals surface area contributed by atoms with Gasteiger partial charge < -0.3 is 14.6 Å². The molecule has 25 heavy (non-hydrogen) atoms. The highest BCUT2D eigenvalue weighted by Gasteiger charge is 2.50. The van der Waals surface area contributed by atoms with Crippen LogP contribution in [-0.4, -0.2) is 60.4 Å². The Balaban J connectivity index is 4.52. The second-order valence-electron chi connectivity index (χ2n) is 5.40. The SMILES string of the molecule is C=C(COCC(F)(F)S(=O)(=O)O)C(=O)OC(C)CC(C)(O)C(F)(F)F. The maximum Gasteiger partial charge on any atom is 0.417 e. The van der Waals surface area contributed by atoms with E-state index < -0.39 is 64.4 Å². The summed E-state index contributed by atoms with van der Waals surface area (Å²) >= 11 is 0. The van der Waals surface area contributed by atoms with Crippen molar-refractivity contribution in [2.24, 2.45) is 0 Å². The van der Waals surface area contributed by atoms with Crippen LogP contribution >= 0.6 is 0 Å². The maximum absolute atomic E-state index is 12.8. The van der Waals surface area contributed by atoms with Gasteiger partial charge in [-0.3, -0.25) is 4.55 Å². The second kappa shape index (κ2) is 7.93. The van der Waals surface area contributed by atoms with Gasteiger partial charge in [-0.1, -0.05) is 6.58 Å². The lowest BCUT2D eigenvalue weighted by Crippen LogP contribution is -2.45. The molecule has 0 saturated carbocycles. The number of halogens is 5. The molecule has 0 aromatic heterocycles. The Morgan fingerprint density at radius 2 is 1.72 bits per heavy atom. The van der Waals surface area contributed by atoms with E-state index in [9.17, 15) is 40.3 Å². The molecule has 2 N–H and O–H groups in total. The van der Waals surface area contributed by atoms with Gasteiger partial charge in [0.05, 0.1) is 12.2 Å². The van der Waals surface area contributed by atoms with E-state index in [1.54, 1.807) is 0 Å². The average molecular weight is 400 g/mol. The van der Waals surface area contributed by atoms with E-state index in [2.05, 4.69) is 16.1 Å². The summed E-state index contributed by atoms with van der Waals surface area (Å²) in [5.74, 6) is -1.29. The van der Waals surface area contributed by atoms with Crippen molar-refractivity contribution in [1.29, 1.82) is 0 Å². The molecule has 0 saturated heterocycles. The van der Waals surface area contributed by atoms with Gasteiger partial charge in [0, 0.05) is 6.42 Å². The smallest absolute Gasteiger partial charge is 0.417 e. The Kier molecular flexibility index (Phi) is 7.51. The summed E-state index contributed by atoms with van der Waals surface area (Å²) < 4.78 is 101. The van der Waals surface area contributed by atoms with Gasteiger partial charge in [-0.2, -0.15) is 30.4 Å². The molecule has 0 fully saturated rings. The topological polar surface area (TPSA) is 110 Å². The molecule has 0 aromatic carbocycles. The molecule has 0 aliphatic heterocycles. The van der Waals surface area contributed by atoms with Crippen LogP contribution in [0.3, 0.4) is 0 Å². The second-order valence-corrected chi connectivity index (χ2v) is 6.95. The summed E-state index contributed by atoms with van der Waals surface area (Å²) in [6.45, 7) is 1.92. The minimum Gasteiger partial charge on any atom is -0.459 e. The molecule has 2 unspecified atom stereocenters. The zero-order chi connectivity index (χ0) is 20.3. The van der Waals surface area contributed by atoms with Crippen LogP contribution < -0.4 is 0 Å². The molecule has 0 aromatic rings. The number of carbonyl (C=O) groups excluding carboxylic acids is 1. The first-order valence-corrected chi connectivity index (χ1v) is 7.95. The van der Waals surface area contributed by atoms with Crippen molar-refractivity contribution >= 4 is 16.1 Å². The van der Waals surface area contributed by atoms with E-state index in [0.29, 0.717) is 6.92 Å². The fourth-order valence-electron chi connectivity index (χ4n) is 1.41. The number of ether oxygens (including phenoxy) is 2. The van der Waals surface area contributed by atoms with Crippen LogP contribution in [0.2, 0.25) is 0 Å². The van der Waals surface area contributed by atoms with Gasteiger partial charge in [0.15, 0.2) is 5.60 Å². The fraction of sp³-hybridized carbons (Fsp3) is 0.750. The predicted molar refractivity (Wildman–Crippen MR) is 73.3 cm³/mol. The summed E-state index contributed by atoms with van der Waals surface area (Å²) in [7, 11) is -5.71. The standard InChI is InChI=1S/C12H17F5O7S/c1-7(5-23-6-11(13,14)25(20,21)22)9(18)24-8(2)4-10(3,19)12(15,16)17/h8,19H,1,4-6H2,2-3H3,(H,20,21,22). The summed E-state index contributed by atoms with van der Waals surface area (Å²) in [6.07, 6.45) is -7.35. The van der Waals surface area contributed by atoms with Crippen LogP contribution in [0.5, 0.6) is 0 Å². The van der Waals surface area contributed by atoms with Crippen molar-refractivity contribution in [2.75, 3.05) is 13.2 Å². The number of rotatable bonds is 9. The minimum absolute atomic E-state index is 0.479. The van der Waals surface area contributed by atoms with E-state index in [4.69, 9.17) is 4.55 Å². The van der Waals surface area contributed by atoms with Gasteiger partial charge in [-0.25, -0.2) is 4.79 Å². The van der Waals surface area contributed by atoms with Gasteiger partial charge >= 0.3 is 27.5 Å². The molecule has 0 aliphatic rings. The molecule has 2 atom stereocenters. The molecule has 0 radical (unpaired) electrons. The average Bonchev–Trinajstić information content (AvgIpc) is 2.34. The molecule has 0 rings (SSSR count). The lowest BCUT2D eigenvalue weighted by atomic mass is 9.98. The monoisotopic (exact) mass is 400 g/mol. The van der Waals surface area contributed by atoms with Crippen molar-refractivity contribution < 1.29 is 54.3 Å². The first-order chi connectivity index (χ1) is 10.9. The Labute approximate surface area is 140 Å². The highest BCUT2D eigenvalue weighted by molar-refractivity contribution is 7.86. The van der Waals surface area contributed by atoms with Gasteiger partial charge in [0.25, 0.3) is 0 Å². The first kappa shape index (κ1) is 23.7. The number of hydrogen-bond acceptors (Lipinski definition) is 6. The van der Waals surface area contributed by atoms with Gasteiger partial charge in [0.1, 0.15) is 12.7 Å². The largest absolute Gasteiger partial charge is 0.459 e. The van der Waals surface area contributed by atoms with Gasteiger partial charge in [-0.05, 0) is 13.8 Å². The van der Waals surface area contributed by atoms with Gasteiger partial charge in [0.2, 0.25) is 0 Å². The number of aliphatic hydroxyl groups is 1. The Morgan fingerprint density at radius 1 is 1.24 bits per heavy atom. The summed E-state index contributed by atoms with van der Waals surface area (Å²) in [6, 6.07) is 0. The minimum atomic E-state index is -5.71. The third kappa shape index (κ3) is 7.22. The Hall–Kier alpha value is -1.31. The third-order valence-corrected chi connectivity index (χ3v) is 3.69. The number of esters is 1. The fourth-order valence-corrected chi connectivity index (χ4v) is 1.64. The molecule has 7 nitrogen and oxygen atoms in total. The molecular weight excluding hydrogens is 383 g/mol. The number of hydrogen-bond donors (Lipinski definition) is 2. The lowest BCUT2D eigenvalue weighted by molar-refractivity contribution is -0.261. The maximum atomic E-state index is 12.8. The zero-order valence-corrected chi connectivity index (χ0v) is 14.0. The van der Waals surface area contributed by atoms with Crippen molar-refractivity contribution in [3.63, 3.8) is 0 Å². The van der Waals surface area contributed by atoms with Crippen molar-refractivity contribution in [3.8, 4) is 0 Å². The quantitative estimate of drug-likeness (QED) is 0.262. The molecule has 0 aliphatic carbocycles. The van der Waals surface area contributed by atoms with Gasteiger partial charge in [-0.15, -0.1) is 0 Å². The van der Waals surface area contributed by atoms with E-state index >= 15 is 0 Å². The van der Waals surface area contributed by atoms with E-state index in [1.165, 1.54) is 0 Å². The van der Waals surface area contributed by atoms with Crippen LogP contribution in [0.25, 0.3) is 0 Å². The van der Waals surface area contributed by atoms with Crippen LogP contribution in [-0.2, 0) is 24.4 Å². The molecule has 13 heteroatoms. The molecule has 0 heterocycles. The Morgan fingerprint density at radius 3 is 2.12 bits per heavy atom. The van der Waals surface area contributed by atoms with Crippen LogP contribution in [0.15, 0.2) is 12.2 Å². The van der Waals surface area contributed by atoms with Crippen LogP contribution in [0.4, 0.5) is 22.0 Å². The molecular formula is C12H17F5O7S. The predicted octanol–water partition coefficient (Wildman–Crippen LogP) is 1.67. The first-order valence-electron chi connectivity index (χ1n) is 6.51. The number of alkyl halides is 5.